The van der Waals surface area contributed by atoms with Crippen LogP contribution >= 0.6 is 0 Å². The Bertz CT molecular complexity index is 796. The van der Waals surface area contributed by atoms with Gasteiger partial charge in [-0.1, -0.05) is 44.2 Å². The molecule has 0 saturated heterocycles. The van der Waals surface area contributed by atoms with Crippen molar-refractivity contribution in [3.05, 3.63) is 70.3 Å². The van der Waals surface area contributed by atoms with E-state index in [4.69, 9.17) is 4.74 Å². The number of aryl methyl sites for hydroxylation is 3. The SMILES string of the molecule is CCN(CC)CCCOc1cc(C)c(C(=O)C=Cc2ccccc2C)c(C)c1. The summed E-state index contributed by atoms with van der Waals surface area (Å²) in [4.78, 5) is 15.1. The Hall–Kier alpha value is -2.39. The highest BCUT2D eigenvalue weighted by Crippen LogP contribution is 2.23. The Balaban J connectivity index is 2.02. The molecule has 0 atom stereocenters. The van der Waals surface area contributed by atoms with E-state index in [1.807, 2.05) is 63.2 Å². The highest BCUT2D eigenvalue weighted by molar-refractivity contribution is 6.08. The quantitative estimate of drug-likeness (QED) is 0.305. The Morgan fingerprint density at radius 3 is 2.25 bits per heavy atom. The van der Waals surface area contributed by atoms with Crippen LogP contribution in [0.3, 0.4) is 0 Å². The third kappa shape index (κ3) is 6.07. The number of ketones is 1. The number of carbonyl (C=O) groups is 1. The summed E-state index contributed by atoms with van der Waals surface area (Å²) < 4.78 is 5.93. The van der Waals surface area contributed by atoms with Gasteiger partial charge < -0.3 is 9.64 Å². The fourth-order valence-electron chi connectivity index (χ4n) is 3.44. The van der Waals surface area contributed by atoms with Crippen molar-refractivity contribution in [2.75, 3.05) is 26.2 Å². The highest BCUT2D eigenvalue weighted by atomic mass is 16.5. The molecular formula is C25H33NO2. The summed E-state index contributed by atoms with van der Waals surface area (Å²) in [6, 6.07) is 12.0. The second-order valence-corrected chi connectivity index (χ2v) is 7.22. The average molecular weight is 380 g/mol. The first kappa shape index (κ1) is 21.9. The maximum atomic E-state index is 12.8. The standard InChI is InChI=1S/C25H33NO2/c1-6-26(7-2)15-10-16-28-23-17-20(4)25(21(5)18-23)24(27)14-13-22-12-9-8-11-19(22)3/h8-9,11-14,17-18H,6-7,10,15-16H2,1-5H3. The van der Waals surface area contributed by atoms with Crippen molar-refractivity contribution in [2.24, 2.45) is 0 Å². The minimum atomic E-state index is 0.0336. The van der Waals surface area contributed by atoms with Crippen LogP contribution in [0.25, 0.3) is 6.08 Å². The number of hydrogen-bond acceptors (Lipinski definition) is 3. The van der Waals surface area contributed by atoms with Crippen LogP contribution in [0, 0.1) is 20.8 Å². The van der Waals surface area contributed by atoms with Crippen molar-refractivity contribution in [3.63, 3.8) is 0 Å². The van der Waals surface area contributed by atoms with Crippen molar-refractivity contribution in [1.29, 1.82) is 0 Å². The largest absolute Gasteiger partial charge is 0.494 e. The van der Waals surface area contributed by atoms with Gasteiger partial charge >= 0.3 is 0 Å². The molecular weight excluding hydrogens is 346 g/mol. The lowest BCUT2D eigenvalue weighted by molar-refractivity contribution is 0.104. The van der Waals surface area contributed by atoms with Crippen LogP contribution in [0.2, 0.25) is 0 Å². The van der Waals surface area contributed by atoms with Crippen molar-refractivity contribution < 1.29 is 9.53 Å². The molecule has 0 unspecified atom stereocenters. The monoisotopic (exact) mass is 379 g/mol. The van der Waals surface area contributed by atoms with Crippen molar-refractivity contribution in [1.82, 2.24) is 4.90 Å². The molecule has 0 aliphatic rings. The first-order valence-electron chi connectivity index (χ1n) is 10.2. The van der Waals surface area contributed by atoms with Crippen molar-refractivity contribution in [3.8, 4) is 5.75 Å². The zero-order valence-corrected chi connectivity index (χ0v) is 17.9. The van der Waals surface area contributed by atoms with Crippen LogP contribution in [0.5, 0.6) is 5.75 Å². The Morgan fingerprint density at radius 1 is 1.00 bits per heavy atom. The van der Waals surface area contributed by atoms with Crippen LogP contribution in [-0.4, -0.2) is 36.9 Å². The summed E-state index contributed by atoms with van der Waals surface area (Å²) in [5.41, 5.74) is 4.91. The van der Waals surface area contributed by atoms with E-state index in [0.717, 1.165) is 59.6 Å². The zero-order valence-electron chi connectivity index (χ0n) is 17.9. The number of allylic oxidation sites excluding steroid dienone is 1. The van der Waals surface area contributed by atoms with E-state index < -0.39 is 0 Å². The van der Waals surface area contributed by atoms with Gasteiger partial charge in [-0.05, 0) is 80.7 Å². The van der Waals surface area contributed by atoms with Gasteiger partial charge in [-0.25, -0.2) is 0 Å². The van der Waals surface area contributed by atoms with Gasteiger partial charge in [0.15, 0.2) is 5.78 Å². The first-order valence-corrected chi connectivity index (χ1v) is 10.2. The molecule has 0 aliphatic heterocycles. The average Bonchev–Trinajstić information content (AvgIpc) is 2.67. The fraction of sp³-hybridized carbons (Fsp3) is 0.400. The van der Waals surface area contributed by atoms with E-state index in [0.29, 0.717) is 6.61 Å². The van der Waals surface area contributed by atoms with Gasteiger partial charge in [-0.3, -0.25) is 4.79 Å². The molecule has 0 aliphatic carbocycles. The van der Waals surface area contributed by atoms with Gasteiger partial charge in [0.25, 0.3) is 0 Å². The summed E-state index contributed by atoms with van der Waals surface area (Å²) in [6.45, 7) is 14.2. The van der Waals surface area contributed by atoms with Crippen molar-refractivity contribution >= 4 is 11.9 Å². The van der Waals surface area contributed by atoms with Crippen LogP contribution in [0.1, 0.15) is 52.9 Å². The molecule has 0 spiro atoms. The lowest BCUT2D eigenvalue weighted by Gasteiger charge is -2.18. The lowest BCUT2D eigenvalue weighted by Crippen LogP contribution is -2.25. The molecule has 0 heterocycles. The summed E-state index contributed by atoms with van der Waals surface area (Å²) in [7, 11) is 0. The molecule has 2 aromatic carbocycles. The van der Waals surface area contributed by atoms with E-state index in [1.165, 1.54) is 0 Å². The van der Waals surface area contributed by atoms with E-state index in [-0.39, 0.29) is 5.78 Å². The van der Waals surface area contributed by atoms with E-state index in [2.05, 4.69) is 18.7 Å². The summed E-state index contributed by atoms with van der Waals surface area (Å²) in [5, 5.41) is 0. The summed E-state index contributed by atoms with van der Waals surface area (Å²) >= 11 is 0. The number of nitrogens with zero attached hydrogens (tertiary/aromatic N) is 1. The normalized spacial score (nSPS) is 11.4. The predicted octanol–water partition coefficient (Wildman–Crippen LogP) is 5.62. The second kappa shape index (κ2) is 10.8. The first-order chi connectivity index (χ1) is 13.5. The molecule has 0 N–H and O–H groups in total. The molecule has 2 aromatic rings. The molecule has 0 aromatic heterocycles. The molecule has 150 valence electrons. The van der Waals surface area contributed by atoms with Crippen LogP contribution in [-0.2, 0) is 0 Å². The number of carbonyl (C=O) groups excluding carboxylic acids is 1. The van der Waals surface area contributed by atoms with Crippen molar-refractivity contribution in [2.45, 2.75) is 41.0 Å². The zero-order chi connectivity index (χ0) is 20.5. The molecule has 0 radical (unpaired) electrons. The van der Waals surface area contributed by atoms with E-state index in [1.54, 1.807) is 6.08 Å². The van der Waals surface area contributed by atoms with Crippen LogP contribution < -0.4 is 4.74 Å². The Morgan fingerprint density at radius 2 is 1.64 bits per heavy atom. The number of benzene rings is 2. The van der Waals surface area contributed by atoms with Gasteiger partial charge in [-0.2, -0.15) is 0 Å². The third-order valence-electron chi connectivity index (χ3n) is 5.14. The van der Waals surface area contributed by atoms with Gasteiger partial charge in [-0.15, -0.1) is 0 Å². The molecule has 0 fully saturated rings. The number of rotatable bonds is 10. The Kier molecular flexibility index (Phi) is 8.46. The van der Waals surface area contributed by atoms with Crippen LogP contribution in [0.4, 0.5) is 0 Å². The molecule has 3 nitrogen and oxygen atoms in total. The molecule has 0 amide bonds. The van der Waals surface area contributed by atoms with Crippen LogP contribution in [0.15, 0.2) is 42.5 Å². The smallest absolute Gasteiger partial charge is 0.186 e. The third-order valence-corrected chi connectivity index (χ3v) is 5.14. The van der Waals surface area contributed by atoms with Gasteiger partial charge in [0.1, 0.15) is 5.75 Å². The molecule has 3 heteroatoms. The van der Waals surface area contributed by atoms with E-state index in [9.17, 15) is 4.79 Å². The predicted molar refractivity (Wildman–Crippen MR) is 118 cm³/mol. The topological polar surface area (TPSA) is 29.5 Å². The Labute approximate surface area is 170 Å². The maximum absolute atomic E-state index is 12.8. The lowest BCUT2D eigenvalue weighted by atomic mass is 9.97. The minimum absolute atomic E-state index is 0.0336. The molecule has 28 heavy (non-hydrogen) atoms. The second-order valence-electron chi connectivity index (χ2n) is 7.22. The van der Waals surface area contributed by atoms with E-state index >= 15 is 0 Å². The number of hydrogen-bond donors (Lipinski definition) is 0. The molecule has 0 saturated carbocycles. The number of ether oxygens (including phenoxy) is 1. The summed E-state index contributed by atoms with van der Waals surface area (Å²) in [5.74, 6) is 0.875. The van der Waals surface area contributed by atoms with Gasteiger partial charge in [0.2, 0.25) is 0 Å². The fourth-order valence-corrected chi connectivity index (χ4v) is 3.44. The summed E-state index contributed by atoms with van der Waals surface area (Å²) in [6.07, 6.45) is 4.57. The highest BCUT2D eigenvalue weighted by Gasteiger charge is 2.12. The van der Waals surface area contributed by atoms with Gasteiger partial charge in [0.05, 0.1) is 6.61 Å². The van der Waals surface area contributed by atoms with Gasteiger partial charge in [0, 0.05) is 12.1 Å². The minimum Gasteiger partial charge on any atom is -0.494 e. The maximum Gasteiger partial charge on any atom is 0.186 e. The molecule has 0 bridgehead atoms. The molecule has 2 rings (SSSR count).